The summed E-state index contributed by atoms with van der Waals surface area (Å²) in [5.74, 6) is 0. The van der Waals surface area contributed by atoms with Gasteiger partial charge in [0.1, 0.15) is 0 Å². The number of aryl methyl sites for hydroxylation is 1. The molecule has 0 amide bonds. The molecule has 0 saturated heterocycles. The summed E-state index contributed by atoms with van der Waals surface area (Å²) in [6, 6.07) is 36.7. The van der Waals surface area contributed by atoms with Crippen LogP contribution in [-0.4, -0.2) is 0 Å². The second-order valence-corrected chi connectivity index (χ2v) is 7.46. The summed E-state index contributed by atoms with van der Waals surface area (Å²) in [6.07, 6.45) is 2.95. The first-order valence-corrected chi connectivity index (χ1v) is 10.9. The molecule has 3 nitrogen and oxygen atoms in total. The zero-order valence-electron chi connectivity index (χ0n) is 18.8. The molecule has 0 spiro atoms. The quantitative estimate of drug-likeness (QED) is 0.297. The van der Waals surface area contributed by atoms with Crippen LogP contribution in [0.1, 0.15) is 24.5 Å². The summed E-state index contributed by atoms with van der Waals surface area (Å²) >= 11 is 0. The Bertz CT molecular complexity index is 1100. The van der Waals surface area contributed by atoms with E-state index < -0.39 is 0 Å². The molecule has 0 aliphatic carbocycles. The van der Waals surface area contributed by atoms with Crippen LogP contribution in [0, 0.1) is 6.92 Å². The van der Waals surface area contributed by atoms with Crippen molar-refractivity contribution in [2.24, 2.45) is 5.73 Å². The van der Waals surface area contributed by atoms with E-state index in [4.69, 9.17) is 5.73 Å². The second-order valence-electron chi connectivity index (χ2n) is 7.46. The Morgan fingerprint density at radius 1 is 0.688 bits per heavy atom. The van der Waals surface area contributed by atoms with Crippen molar-refractivity contribution in [3.05, 3.63) is 126 Å². The number of rotatable bonds is 6. The minimum absolute atomic E-state index is 0.796. The number of hydrogen-bond donors (Lipinski definition) is 3. The fraction of sp³-hybridized carbons (Fsp3) is 0.103. The number of allylic oxidation sites excluding steroid dienone is 1. The van der Waals surface area contributed by atoms with Gasteiger partial charge < -0.3 is 16.4 Å². The van der Waals surface area contributed by atoms with Crippen molar-refractivity contribution in [1.82, 2.24) is 0 Å². The molecule has 0 bridgehead atoms. The largest absolute Gasteiger partial charge is 0.399 e. The third-order valence-corrected chi connectivity index (χ3v) is 4.82. The fourth-order valence-corrected chi connectivity index (χ4v) is 3.16. The first-order valence-electron chi connectivity index (χ1n) is 10.9. The molecule has 4 N–H and O–H groups in total. The van der Waals surface area contributed by atoms with Crippen molar-refractivity contribution in [1.29, 1.82) is 0 Å². The second kappa shape index (κ2) is 12.0. The predicted molar refractivity (Wildman–Crippen MR) is 140 cm³/mol. The first-order chi connectivity index (χ1) is 15.7. The van der Waals surface area contributed by atoms with E-state index in [9.17, 15) is 0 Å². The van der Waals surface area contributed by atoms with E-state index in [1.165, 1.54) is 5.56 Å². The first kappa shape index (κ1) is 22.7. The topological polar surface area (TPSA) is 50.1 Å². The van der Waals surface area contributed by atoms with Gasteiger partial charge in [-0.3, -0.25) is 0 Å². The maximum atomic E-state index is 6.18. The van der Waals surface area contributed by atoms with E-state index >= 15 is 0 Å². The molecule has 0 heterocycles. The molecule has 0 radical (unpaired) electrons. The third-order valence-electron chi connectivity index (χ3n) is 4.82. The van der Waals surface area contributed by atoms with Crippen molar-refractivity contribution in [3.63, 3.8) is 0 Å². The predicted octanol–water partition coefficient (Wildman–Crippen LogP) is 7.88. The van der Waals surface area contributed by atoms with Gasteiger partial charge in [-0.25, -0.2) is 0 Å². The summed E-state index contributed by atoms with van der Waals surface area (Å²) in [5.41, 5.74) is 13.4. The van der Waals surface area contributed by atoms with E-state index in [1.807, 2.05) is 91.0 Å². The lowest BCUT2D eigenvalue weighted by molar-refractivity contribution is 1.22. The van der Waals surface area contributed by atoms with Crippen LogP contribution in [0.15, 0.2) is 115 Å². The molecule has 3 heteroatoms. The number of hydrogen-bond acceptors (Lipinski definition) is 3. The Labute approximate surface area is 191 Å². The molecule has 4 aromatic rings. The Hall–Kier alpha value is -3.98. The van der Waals surface area contributed by atoms with Gasteiger partial charge in [0.05, 0.1) is 11.4 Å². The molecular weight excluding hydrogens is 390 g/mol. The molecule has 0 unspecified atom stereocenters. The Balaban J connectivity index is 0.000000352. The van der Waals surface area contributed by atoms with Gasteiger partial charge in [-0.2, -0.15) is 0 Å². The van der Waals surface area contributed by atoms with Gasteiger partial charge in [-0.15, -0.1) is 0 Å². The molecule has 0 aliphatic heterocycles. The normalized spacial score (nSPS) is 10.6. The lowest BCUT2D eigenvalue weighted by atomic mass is 10.1. The van der Waals surface area contributed by atoms with E-state index in [2.05, 4.69) is 48.7 Å². The molecule has 0 atom stereocenters. The molecule has 0 fully saturated rings. The van der Waals surface area contributed by atoms with Gasteiger partial charge in [0.25, 0.3) is 0 Å². The summed E-state index contributed by atoms with van der Waals surface area (Å²) in [4.78, 5) is 0. The zero-order chi connectivity index (χ0) is 22.6. The molecule has 32 heavy (non-hydrogen) atoms. The molecule has 0 saturated carbocycles. The average Bonchev–Trinajstić information content (AvgIpc) is 2.83. The maximum absolute atomic E-state index is 6.18. The Morgan fingerprint density at radius 2 is 1.19 bits per heavy atom. The van der Waals surface area contributed by atoms with Crippen molar-refractivity contribution in [2.45, 2.75) is 20.3 Å². The van der Waals surface area contributed by atoms with Crippen LogP contribution in [0.25, 0.3) is 5.70 Å². The number of anilines is 4. The average molecular weight is 422 g/mol. The van der Waals surface area contributed by atoms with Crippen LogP contribution >= 0.6 is 0 Å². The fourth-order valence-electron chi connectivity index (χ4n) is 3.16. The highest BCUT2D eigenvalue weighted by atomic mass is 15.0. The number of para-hydroxylation sites is 2. The monoisotopic (exact) mass is 421 g/mol. The molecular formula is C29H31N3. The van der Waals surface area contributed by atoms with Crippen LogP contribution in [-0.2, 0) is 0 Å². The molecule has 0 aromatic heterocycles. The highest BCUT2D eigenvalue weighted by molar-refractivity contribution is 5.81. The Kier molecular flexibility index (Phi) is 8.52. The van der Waals surface area contributed by atoms with Crippen LogP contribution in [0.4, 0.5) is 22.7 Å². The van der Waals surface area contributed by atoms with E-state index in [1.54, 1.807) is 0 Å². The van der Waals surface area contributed by atoms with Crippen LogP contribution in [0.5, 0.6) is 0 Å². The lowest BCUT2D eigenvalue weighted by Crippen LogP contribution is -2.01. The van der Waals surface area contributed by atoms with Crippen molar-refractivity contribution >= 4 is 28.4 Å². The number of nitrogens with one attached hydrogen (secondary N) is 2. The molecule has 162 valence electrons. The molecule has 4 rings (SSSR count). The van der Waals surface area contributed by atoms with E-state index in [0.29, 0.717) is 0 Å². The highest BCUT2D eigenvalue weighted by Gasteiger charge is 2.07. The maximum Gasteiger partial charge on any atom is 0.0630 e. The lowest BCUT2D eigenvalue weighted by Gasteiger charge is -2.16. The molecule has 0 aliphatic rings. The van der Waals surface area contributed by atoms with Gasteiger partial charge in [0.2, 0.25) is 0 Å². The highest BCUT2D eigenvalue weighted by Crippen LogP contribution is 2.31. The van der Waals surface area contributed by atoms with Crippen LogP contribution in [0.2, 0.25) is 0 Å². The Morgan fingerprint density at radius 3 is 1.66 bits per heavy atom. The summed E-state index contributed by atoms with van der Waals surface area (Å²) in [6.45, 7) is 4.17. The summed E-state index contributed by atoms with van der Waals surface area (Å²) < 4.78 is 0. The third kappa shape index (κ3) is 7.06. The molecule has 4 aromatic carbocycles. The summed E-state index contributed by atoms with van der Waals surface area (Å²) in [7, 11) is 0. The van der Waals surface area contributed by atoms with E-state index in [0.717, 1.165) is 40.4 Å². The van der Waals surface area contributed by atoms with Crippen LogP contribution < -0.4 is 16.4 Å². The summed E-state index contributed by atoms with van der Waals surface area (Å²) in [5, 5.41) is 6.95. The van der Waals surface area contributed by atoms with Crippen molar-refractivity contribution < 1.29 is 0 Å². The van der Waals surface area contributed by atoms with Crippen molar-refractivity contribution in [2.75, 3.05) is 10.6 Å². The smallest absolute Gasteiger partial charge is 0.0630 e. The van der Waals surface area contributed by atoms with Gasteiger partial charge in [0, 0.05) is 17.1 Å². The van der Waals surface area contributed by atoms with Gasteiger partial charge >= 0.3 is 0 Å². The van der Waals surface area contributed by atoms with Gasteiger partial charge in [0.15, 0.2) is 0 Å². The zero-order valence-corrected chi connectivity index (χ0v) is 18.8. The van der Waals surface area contributed by atoms with Crippen molar-refractivity contribution in [3.8, 4) is 0 Å². The SMILES string of the molecule is CC/C=C(\N)c1ccc(Nc2ccccc2)c(Nc2ccccc2)c1.Cc1ccccc1. The van der Waals surface area contributed by atoms with Gasteiger partial charge in [-0.05, 0) is 55.3 Å². The van der Waals surface area contributed by atoms with Crippen LogP contribution in [0.3, 0.4) is 0 Å². The minimum atomic E-state index is 0.796. The number of benzene rings is 4. The van der Waals surface area contributed by atoms with E-state index in [-0.39, 0.29) is 0 Å². The minimum Gasteiger partial charge on any atom is -0.399 e. The number of nitrogens with two attached hydrogens (primary N) is 1. The standard InChI is InChI=1S/C22H23N3.C7H8/c1-2-9-20(23)17-14-15-21(24-18-10-5-3-6-11-18)22(16-17)25-19-12-7-4-8-13-19;1-7-5-3-2-4-6-7/h3-16,24-25H,2,23H2,1H3;2-6H,1H3/b20-9-;. The van der Waals surface area contributed by atoms with Gasteiger partial charge in [-0.1, -0.05) is 91.4 Å².